The first-order valence-electron chi connectivity index (χ1n) is 5.79. The summed E-state index contributed by atoms with van der Waals surface area (Å²) in [7, 11) is -1.08. The summed E-state index contributed by atoms with van der Waals surface area (Å²) in [6, 6.07) is 13.4. The molecule has 2 aromatic heterocycles. The summed E-state index contributed by atoms with van der Waals surface area (Å²) >= 11 is 3.39. The van der Waals surface area contributed by atoms with Crippen molar-refractivity contribution in [2.24, 2.45) is 0 Å². The van der Waals surface area contributed by atoms with Crippen LogP contribution >= 0.6 is 15.9 Å². The van der Waals surface area contributed by atoms with E-state index in [0.29, 0.717) is 5.75 Å². The maximum Gasteiger partial charge on any atom is 0.137 e. The molecule has 0 aliphatic heterocycles. The van der Waals surface area contributed by atoms with Crippen molar-refractivity contribution in [3.63, 3.8) is 0 Å². The highest BCUT2D eigenvalue weighted by Crippen LogP contribution is 2.17. The second kappa shape index (κ2) is 5.27. The van der Waals surface area contributed by atoms with Gasteiger partial charge in [-0.1, -0.05) is 28.1 Å². The van der Waals surface area contributed by atoms with Gasteiger partial charge in [-0.3, -0.25) is 4.21 Å². The Labute approximate surface area is 121 Å². The van der Waals surface area contributed by atoms with Gasteiger partial charge in [0.25, 0.3) is 0 Å². The van der Waals surface area contributed by atoms with E-state index in [1.807, 2.05) is 59.3 Å². The van der Waals surface area contributed by atoms with Gasteiger partial charge in [-0.05, 0) is 30.3 Å². The van der Waals surface area contributed by atoms with Crippen LogP contribution in [0, 0.1) is 0 Å². The Kier molecular flexibility index (Phi) is 3.48. The van der Waals surface area contributed by atoms with Crippen LogP contribution < -0.4 is 0 Å². The summed E-state index contributed by atoms with van der Waals surface area (Å²) in [4.78, 5) is 5.27. The highest BCUT2D eigenvalue weighted by atomic mass is 79.9. The number of rotatable bonds is 3. The Hall–Kier alpha value is -1.46. The van der Waals surface area contributed by atoms with E-state index in [1.165, 1.54) is 0 Å². The zero-order valence-corrected chi connectivity index (χ0v) is 12.4. The molecular formula is C14H11BrN2OS. The van der Waals surface area contributed by atoms with E-state index in [0.717, 1.165) is 20.7 Å². The molecule has 5 heteroatoms. The number of hydrogen-bond acceptors (Lipinski definition) is 2. The van der Waals surface area contributed by atoms with Crippen LogP contribution in [-0.4, -0.2) is 13.6 Å². The van der Waals surface area contributed by atoms with Crippen molar-refractivity contribution in [1.82, 2.24) is 9.38 Å². The predicted octanol–water partition coefficient (Wildman–Crippen LogP) is 3.40. The second-order valence-electron chi connectivity index (χ2n) is 4.15. The van der Waals surface area contributed by atoms with Gasteiger partial charge in [0.05, 0.1) is 22.2 Å². The molecule has 0 saturated heterocycles. The van der Waals surface area contributed by atoms with Gasteiger partial charge >= 0.3 is 0 Å². The summed E-state index contributed by atoms with van der Waals surface area (Å²) < 4.78 is 15.2. The van der Waals surface area contributed by atoms with Crippen LogP contribution in [-0.2, 0) is 16.6 Å². The molecule has 0 radical (unpaired) electrons. The molecule has 1 aromatic carbocycles. The number of benzene rings is 1. The van der Waals surface area contributed by atoms with Crippen molar-refractivity contribution in [1.29, 1.82) is 0 Å². The van der Waals surface area contributed by atoms with Gasteiger partial charge in [0.1, 0.15) is 5.65 Å². The van der Waals surface area contributed by atoms with Gasteiger partial charge in [0, 0.05) is 21.8 Å². The predicted molar refractivity (Wildman–Crippen MR) is 79.4 cm³/mol. The van der Waals surface area contributed by atoms with Crippen LogP contribution in [0.4, 0.5) is 0 Å². The van der Waals surface area contributed by atoms with Crippen LogP contribution in [0.2, 0.25) is 0 Å². The zero-order valence-electron chi connectivity index (χ0n) is 9.99. The van der Waals surface area contributed by atoms with Crippen LogP contribution in [0.15, 0.2) is 64.2 Å². The van der Waals surface area contributed by atoms with E-state index in [-0.39, 0.29) is 0 Å². The number of aromatic nitrogens is 2. The Bertz CT molecular complexity index is 721. The molecule has 0 spiro atoms. The average molecular weight is 335 g/mol. The van der Waals surface area contributed by atoms with E-state index in [2.05, 4.69) is 20.9 Å². The summed E-state index contributed by atoms with van der Waals surface area (Å²) in [5.74, 6) is 0.429. The molecule has 3 rings (SSSR count). The van der Waals surface area contributed by atoms with Crippen molar-refractivity contribution in [2.45, 2.75) is 10.6 Å². The van der Waals surface area contributed by atoms with E-state index in [9.17, 15) is 4.21 Å². The lowest BCUT2D eigenvalue weighted by Crippen LogP contribution is -1.96. The third kappa shape index (κ3) is 2.77. The topological polar surface area (TPSA) is 34.4 Å². The van der Waals surface area contributed by atoms with Gasteiger partial charge in [-0.25, -0.2) is 4.98 Å². The number of imidazole rings is 1. The van der Waals surface area contributed by atoms with Crippen LogP contribution in [0.3, 0.4) is 0 Å². The van der Waals surface area contributed by atoms with Crippen molar-refractivity contribution < 1.29 is 4.21 Å². The molecule has 0 bridgehead atoms. The van der Waals surface area contributed by atoms with Gasteiger partial charge in [0.15, 0.2) is 0 Å². The van der Waals surface area contributed by atoms with E-state index in [1.54, 1.807) is 0 Å². The van der Waals surface area contributed by atoms with E-state index < -0.39 is 10.8 Å². The molecule has 19 heavy (non-hydrogen) atoms. The highest BCUT2D eigenvalue weighted by Gasteiger charge is 2.08. The summed E-state index contributed by atoms with van der Waals surface area (Å²) in [6.45, 7) is 0. The highest BCUT2D eigenvalue weighted by molar-refractivity contribution is 9.10. The molecular weight excluding hydrogens is 324 g/mol. The number of halogens is 1. The number of hydrogen-bond donors (Lipinski definition) is 0. The van der Waals surface area contributed by atoms with Crippen molar-refractivity contribution in [2.75, 3.05) is 0 Å². The Morgan fingerprint density at radius 1 is 1.21 bits per heavy atom. The Balaban J connectivity index is 1.86. The van der Waals surface area contributed by atoms with E-state index >= 15 is 0 Å². The maximum absolute atomic E-state index is 12.3. The molecule has 0 amide bonds. The van der Waals surface area contributed by atoms with Gasteiger partial charge in [0.2, 0.25) is 0 Å². The lowest BCUT2D eigenvalue weighted by Gasteiger charge is -2.00. The minimum absolute atomic E-state index is 0.429. The third-order valence-corrected chi connectivity index (χ3v) is 4.58. The fraction of sp³-hybridized carbons (Fsp3) is 0.0714. The minimum Gasteiger partial charge on any atom is -0.307 e. The number of pyridine rings is 1. The second-order valence-corrected chi connectivity index (χ2v) is 6.51. The quantitative estimate of drug-likeness (QED) is 0.735. The standard InChI is InChI=1S/C14H11BrN2OS/c15-11-4-3-5-13(8-11)19(18)10-12-9-17-7-2-1-6-14(17)16-12/h1-9H,10H2. The fourth-order valence-corrected chi connectivity index (χ4v) is 3.50. The molecule has 0 aliphatic carbocycles. The van der Waals surface area contributed by atoms with Gasteiger partial charge < -0.3 is 4.40 Å². The first-order valence-corrected chi connectivity index (χ1v) is 7.90. The van der Waals surface area contributed by atoms with Crippen LogP contribution in [0.5, 0.6) is 0 Å². The Morgan fingerprint density at radius 2 is 2.11 bits per heavy atom. The third-order valence-electron chi connectivity index (χ3n) is 2.75. The van der Waals surface area contributed by atoms with Gasteiger partial charge in [-0.15, -0.1) is 0 Å². The molecule has 0 saturated carbocycles. The monoisotopic (exact) mass is 334 g/mol. The fourth-order valence-electron chi connectivity index (χ4n) is 1.88. The molecule has 3 nitrogen and oxygen atoms in total. The van der Waals surface area contributed by atoms with Crippen molar-refractivity contribution >= 4 is 32.4 Å². The van der Waals surface area contributed by atoms with E-state index in [4.69, 9.17) is 0 Å². The summed E-state index contributed by atoms with van der Waals surface area (Å²) in [5, 5.41) is 0. The normalized spacial score (nSPS) is 12.7. The van der Waals surface area contributed by atoms with Crippen LogP contribution in [0.1, 0.15) is 5.69 Å². The molecule has 0 aliphatic rings. The number of fused-ring (bicyclic) bond motifs is 1. The molecule has 2 heterocycles. The molecule has 0 N–H and O–H groups in total. The molecule has 1 unspecified atom stereocenters. The first kappa shape index (κ1) is 12.6. The molecule has 0 fully saturated rings. The summed E-state index contributed by atoms with van der Waals surface area (Å²) in [6.07, 6.45) is 3.86. The molecule has 1 atom stereocenters. The SMILES string of the molecule is O=S(Cc1cn2ccccc2n1)c1cccc(Br)c1. The largest absolute Gasteiger partial charge is 0.307 e. The zero-order chi connectivity index (χ0) is 13.2. The summed E-state index contributed by atoms with van der Waals surface area (Å²) in [5.41, 5.74) is 1.72. The lowest BCUT2D eigenvalue weighted by atomic mass is 10.4. The minimum atomic E-state index is -1.08. The Morgan fingerprint density at radius 3 is 2.89 bits per heavy atom. The lowest BCUT2D eigenvalue weighted by molar-refractivity contribution is 0.682. The first-order chi connectivity index (χ1) is 9.22. The maximum atomic E-state index is 12.3. The molecule has 96 valence electrons. The average Bonchev–Trinajstić information content (AvgIpc) is 2.80. The van der Waals surface area contributed by atoms with Crippen molar-refractivity contribution in [3.05, 3.63) is 65.0 Å². The van der Waals surface area contributed by atoms with Crippen LogP contribution in [0.25, 0.3) is 5.65 Å². The van der Waals surface area contributed by atoms with Crippen molar-refractivity contribution in [3.8, 4) is 0 Å². The van der Waals surface area contributed by atoms with Gasteiger partial charge in [-0.2, -0.15) is 0 Å². The molecule has 3 aromatic rings. The smallest absolute Gasteiger partial charge is 0.137 e. The number of nitrogens with zero attached hydrogens (tertiary/aromatic N) is 2.